The van der Waals surface area contributed by atoms with Crippen LogP contribution in [0.15, 0.2) is 30.3 Å². The molecule has 0 saturated heterocycles. The lowest BCUT2D eigenvalue weighted by Crippen LogP contribution is -2.09. The van der Waals surface area contributed by atoms with E-state index in [0.717, 1.165) is 18.2 Å². The van der Waals surface area contributed by atoms with Gasteiger partial charge in [-0.15, -0.1) is 0 Å². The number of nitrogens with zero attached hydrogens (tertiary/aromatic N) is 1. The first-order valence-corrected chi connectivity index (χ1v) is 6.43. The number of nitrogens with one attached hydrogen (secondary N) is 1. The van der Waals surface area contributed by atoms with Gasteiger partial charge < -0.3 is 11.1 Å². The Balaban J connectivity index is 2.20. The van der Waals surface area contributed by atoms with Crippen LogP contribution in [0.5, 0.6) is 0 Å². The highest BCUT2D eigenvalue weighted by Crippen LogP contribution is 2.31. The monoisotopic (exact) mass is 347 g/mol. The van der Waals surface area contributed by atoms with Crippen molar-refractivity contribution in [2.24, 2.45) is 0 Å². The lowest BCUT2D eigenvalue weighted by molar-refractivity contribution is -0.384. The fraction of sp³-hybridized carbons (Fsp3) is 0.143. The zero-order valence-electron chi connectivity index (χ0n) is 11.8. The van der Waals surface area contributed by atoms with Crippen molar-refractivity contribution >= 4 is 17.1 Å². The van der Waals surface area contributed by atoms with Crippen molar-refractivity contribution in [3.63, 3.8) is 0 Å². The number of rotatable bonds is 4. The van der Waals surface area contributed by atoms with Gasteiger partial charge in [-0.1, -0.05) is 6.07 Å². The topological polar surface area (TPSA) is 81.2 Å². The first-order chi connectivity index (χ1) is 11.1. The van der Waals surface area contributed by atoms with Gasteiger partial charge in [0.2, 0.25) is 0 Å². The summed E-state index contributed by atoms with van der Waals surface area (Å²) in [6.45, 7) is -0.335. The fourth-order valence-electron chi connectivity index (χ4n) is 1.94. The molecule has 0 aliphatic heterocycles. The minimum Gasteiger partial charge on any atom is -0.391 e. The Morgan fingerprint density at radius 2 is 1.83 bits per heavy atom. The molecule has 0 amide bonds. The number of hydrogen-bond acceptors (Lipinski definition) is 4. The number of nitro groups is 1. The van der Waals surface area contributed by atoms with Gasteiger partial charge in [0.25, 0.3) is 5.69 Å². The molecule has 0 heterocycles. The first-order valence-electron chi connectivity index (χ1n) is 6.43. The van der Waals surface area contributed by atoms with Crippen LogP contribution in [0.2, 0.25) is 0 Å². The van der Waals surface area contributed by atoms with Gasteiger partial charge >= 0.3 is 6.18 Å². The second kappa shape index (κ2) is 6.30. The van der Waals surface area contributed by atoms with Gasteiger partial charge in [-0.05, 0) is 18.2 Å². The summed E-state index contributed by atoms with van der Waals surface area (Å²) in [5, 5.41) is 13.1. The number of hydrogen-bond donors (Lipinski definition) is 2. The highest BCUT2D eigenvalue weighted by Gasteiger charge is 2.31. The van der Waals surface area contributed by atoms with E-state index in [9.17, 15) is 32.1 Å². The quantitative estimate of drug-likeness (QED) is 0.378. The molecule has 0 fully saturated rings. The van der Waals surface area contributed by atoms with Crippen molar-refractivity contribution in [1.29, 1.82) is 0 Å². The van der Waals surface area contributed by atoms with Crippen molar-refractivity contribution in [3.05, 3.63) is 63.2 Å². The van der Waals surface area contributed by atoms with Gasteiger partial charge in [0.15, 0.2) is 5.82 Å². The fourth-order valence-corrected chi connectivity index (χ4v) is 1.94. The second-order valence-electron chi connectivity index (χ2n) is 4.77. The molecule has 0 radical (unpaired) electrons. The molecule has 0 saturated carbocycles. The molecule has 0 atom stereocenters. The number of anilines is 2. The van der Waals surface area contributed by atoms with Crippen LogP contribution in [-0.2, 0) is 12.7 Å². The van der Waals surface area contributed by atoms with E-state index in [0.29, 0.717) is 12.1 Å². The summed E-state index contributed by atoms with van der Waals surface area (Å²) in [6, 6.07) is 3.94. The number of nitrogen functional groups attached to an aromatic ring is 1. The Morgan fingerprint density at radius 1 is 1.17 bits per heavy atom. The third kappa shape index (κ3) is 3.53. The average Bonchev–Trinajstić information content (AvgIpc) is 2.48. The third-order valence-corrected chi connectivity index (χ3v) is 3.20. The van der Waals surface area contributed by atoms with Crippen LogP contribution in [0.1, 0.15) is 11.1 Å². The molecule has 10 heteroatoms. The van der Waals surface area contributed by atoms with E-state index in [2.05, 4.69) is 5.32 Å². The largest absolute Gasteiger partial charge is 0.416 e. The molecule has 0 aliphatic rings. The van der Waals surface area contributed by atoms with E-state index in [1.54, 1.807) is 0 Å². The highest BCUT2D eigenvalue weighted by atomic mass is 19.4. The van der Waals surface area contributed by atoms with Gasteiger partial charge in [0.1, 0.15) is 11.5 Å². The zero-order valence-corrected chi connectivity index (χ0v) is 11.8. The van der Waals surface area contributed by atoms with Crippen LogP contribution in [0.4, 0.5) is 39.0 Å². The Morgan fingerprint density at radius 3 is 2.38 bits per heavy atom. The summed E-state index contributed by atoms with van der Waals surface area (Å²) in [6.07, 6.45) is -4.67. The molecule has 0 aliphatic carbocycles. The molecular formula is C14H10F5N3O2. The number of alkyl halides is 3. The van der Waals surface area contributed by atoms with Gasteiger partial charge in [0, 0.05) is 18.2 Å². The van der Waals surface area contributed by atoms with E-state index >= 15 is 0 Å². The highest BCUT2D eigenvalue weighted by molar-refractivity contribution is 5.67. The number of benzene rings is 2. The van der Waals surface area contributed by atoms with Crippen molar-refractivity contribution in [2.75, 3.05) is 11.1 Å². The molecule has 2 rings (SSSR count). The summed E-state index contributed by atoms with van der Waals surface area (Å²) in [5.41, 5.74) is 2.45. The molecule has 0 unspecified atom stereocenters. The van der Waals surface area contributed by atoms with Crippen molar-refractivity contribution < 1.29 is 26.9 Å². The zero-order chi connectivity index (χ0) is 18.1. The molecule has 2 aromatic carbocycles. The molecule has 5 nitrogen and oxygen atoms in total. The summed E-state index contributed by atoms with van der Waals surface area (Å²) in [7, 11) is 0. The number of nitrogens with two attached hydrogens (primary N) is 1. The molecule has 3 N–H and O–H groups in total. The summed E-state index contributed by atoms with van der Waals surface area (Å²) >= 11 is 0. The number of nitro benzene ring substituents is 1. The normalized spacial score (nSPS) is 11.4. The van der Waals surface area contributed by atoms with Crippen LogP contribution >= 0.6 is 0 Å². The van der Waals surface area contributed by atoms with Crippen molar-refractivity contribution in [2.45, 2.75) is 12.7 Å². The van der Waals surface area contributed by atoms with E-state index < -0.39 is 39.7 Å². The molecule has 24 heavy (non-hydrogen) atoms. The first kappa shape index (κ1) is 17.4. The van der Waals surface area contributed by atoms with E-state index in [-0.39, 0.29) is 17.8 Å². The second-order valence-corrected chi connectivity index (χ2v) is 4.77. The Bertz CT molecular complexity index is 793. The van der Waals surface area contributed by atoms with Gasteiger partial charge in [0.05, 0.1) is 16.2 Å². The van der Waals surface area contributed by atoms with Crippen LogP contribution in [0, 0.1) is 21.7 Å². The minimum atomic E-state index is -4.67. The Hall–Kier alpha value is -2.91. The maximum absolute atomic E-state index is 13.9. The van der Waals surface area contributed by atoms with Gasteiger partial charge in [-0.2, -0.15) is 13.2 Å². The predicted octanol–water partition coefficient (Wildman–Crippen LogP) is 4.09. The van der Waals surface area contributed by atoms with Gasteiger partial charge in [-0.3, -0.25) is 10.1 Å². The van der Waals surface area contributed by atoms with E-state index in [4.69, 9.17) is 5.73 Å². The van der Waals surface area contributed by atoms with Crippen molar-refractivity contribution in [1.82, 2.24) is 0 Å². The van der Waals surface area contributed by atoms with Crippen LogP contribution in [0.25, 0.3) is 0 Å². The Labute approximate surface area is 132 Å². The maximum Gasteiger partial charge on any atom is 0.416 e. The predicted molar refractivity (Wildman–Crippen MR) is 76.2 cm³/mol. The molecular weight excluding hydrogens is 337 g/mol. The van der Waals surface area contributed by atoms with E-state index in [1.165, 1.54) is 0 Å². The standard InChI is InChI=1S/C14H10F5N3O2/c15-9-5-8(14(17,18)19)2-1-7(9)6-21-10-3-4-11(22(23)24)13(20)12(10)16/h1-5,21H,6,20H2. The van der Waals surface area contributed by atoms with Gasteiger partial charge in [-0.25, -0.2) is 8.78 Å². The lowest BCUT2D eigenvalue weighted by Gasteiger charge is -2.12. The molecule has 0 bridgehead atoms. The Kier molecular flexibility index (Phi) is 4.58. The van der Waals surface area contributed by atoms with E-state index in [1.807, 2.05) is 0 Å². The lowest BCUT2D eigenvalue weighted by atomic mass is 10.1. The van der Waals surface area contributed by atoms with Crippen LogP contribution in [0.3, 0.4) is 0 Å². The molecule has 128 valence electrons. The maximum atomic E-state index is 13.9. The summed E-state index contributed by atoms with van der Waals surface area (Å²) in [4.78, 5) is 9.76. The number of halogens is 5. The smallest absolute Gasteiger partial charge is 0.391 e. The third-order valence-electron chi connectivity index (χ3n) is 3.20. The van der Waals surface area contributed by atoms with Crippen LogP contribution in [-0.4, -0.2) is 4.92 Å². The molecule has 0 spiro atoms. The minimum absolute atomic E-state index is 0.140. The van der Waals surface area contributed by atoms with Crippen LogP contribution < -0.4 is 11.1 Å². The summed E-state index contributed by atoms with van der Waals surface area (Å²) < 4.78 is 64.9. The summed E-state index contributed by atoms with van der Waals surface area (Å²) in [5.74, 6) is -2.22. The molecule has 2 aromatic rings. The molecule has 0 aromatic heterocycles. The van der Waals surface area contributed by atoms with Crippen molar-refractivity contribution in [3.8, 4) is 0 Å². The average molecular weight is 347 g/mol. The SMILES string of the molecule is Nc1c([N+](=O)[O-])ccc(NCc2ccc(C(F)(F)F)cc2F)c1F.